The van der Waals surface area contributed by atoms with E-state index in [1.807, 2.05) is 0 Å². The van der Waals surface area contributed by atoms with E-state index in [9.17, 15) is 4.79 Å². The number of hydroxylamine groups is 2. The molecule has 1 saturated carbocycles. The Morgan fingerprint density at radius 3 is 3.17 bits per heavy atom. The fraction of sp³-hybridized carbons (Fsp3) is 0.667. The molecule has 0 aromatic heterocycles. The van der Waals surface area contributed by atoms with Gasteiger partial charge in [0.2, 0.25) is 0 Å². The number of carbonyl (C=O) groups is 1. The lowest BCUT2D eigenvalue weighted by atomic mass is 10.1. The van der Waals surface area contributed by atoms with Crippen molar-refractivity contribution >= 4 is 5.91 Å². The summed E-state index contributed by atoms with van der Waals surface area (Å²) in [4.78, 5) is 16.5. The van der Waals surface area contributed by atoms with Crippen LogP contribution in [0.2, 0.25) is 0 Å². The summed E-state index contributed by atoms with van der Waals surface area (Å²) in [5.74, 6) is 0.485. The Hall–Kier alpha value is -0.830. The monoisotopic (exact) mass is 167 g/mol. The van der Waals surface area contributed by atoms with Crippen LogP contribution in [0, 0.1) is 5.92 Å². The molecule has 1 aliphatic heterocycles. The lowest BCUT2D eigenvalue weighted by Gasteiger charge is -2.19. The quantitative estimate of drug-likeness (QED) is 0.547. The van der Waals surface area contributed by atoms with Crippen LogP contribution < -0.4 is 0 Å². The summed E-state index contributed by atoms with van der Waals surface area (Å²) in [5.41, 5.74) is 0. The van der Waals surface area contributed by atoms with E-state index >= 15 is 0 Å². The van der Waals surface area contributed by atoms with Gasteiger partial charge in [0.15, 0.2) is 0 Å². The van der Waals surface area contributed by atoms with Crippen molar-refractivity contribution in [1.82, 2.24) is 5.06 Å². The summed E-state index contributed by atoms with van der Waals surface area (Å²) in [7, 11) is 0. The third-order valence-corrected chi connectivity index (χ3v) is 2.74. The Balaban J connectivity index is 2.08. The van der Waals surface area contributed by atoms with Gasteiger partial charge < -0.3 is 0 Å². The smallest absolute Gasteiger partial charge is 0.269 e. The molecule has 66 valence electrons. The van der Waals surface area contributed by atoms with E-state index in [1.54, 1.807) is 0 Å². The second-order valence-electron chi connectivity index (χ2n) is 3.42. The second-order valence-corrected chi connectivity index (χ2v) is 3.42. The molecule has 0 aromatic rings. The lowest BCUT2D eigenvalue weighted by molar-refractivity contribution is -0.170. The summed E-state index contributed by atoms with van der Waals surface area (Å²) >= 11 is 0. The molecule has 1 heterocycles. The summed E-state index contributed by atoms with van der Waals surface area (Å²) < 4.78 is 0. The Labute approximate surface area is 71.9 Å². The SMILES string of the molecule is C=CC(=O)N1OCC2CCCC21. The van der Waals surface area contributed by atoms with Gasteiger partial charge in [0.05, 0.1) is 12.6 Å². The Bertz CT molecular complexity index is 215. The molecule has 0 radical (unpaired) electrons. The third kappa shape index (κ3) is 1.05. The first-order valence-electron chi connectivity index (χ1n) is 4.41. The van der Waals surface area contributed by atoms with Gasteiger partial charge in [-0.3, -0.25) is 9.63 Å². The lowest BCUT2D eigenvalue weighted by Crippen LogP contribution is -2.33. The summed E-state index contributed by atoms with van der Waals surface area (Å²) in [6, 6.07) is 0.329. The van der Waals surface area contributed by atoms with Crippen molar-refractivity contribution in [2.45, 2.75) is 25.3 Å². The Morgan fingerprint density at radius 2 is 2.42 bits per heavy atom. The van der Waals surface area contributed by atoms with Crippen LogP contribution in [0.25, 0.3) is 0 Å². The van der Waals surface area contributed by atoms with Crippen molar-refractivity contribution in [1.29, 1.82) is 0 Å². The molecule has 0 N–H and O–H groups in total. The number of rotatable bonds is 1. The minimum Gasteiger partial charge on any atom is -0.270 e. The van der Waals surface area contributed by atoms with Crippen molar-refractivity contribution in [2.75, 3.05) is 6.61 Å². The third-order valence-electron chi connectivity index (χ3n) is 2.74. The number of carbonyl (C=O) groups excluding carboxylic acids is 1. The molecule has 3 heteroatoms. The van der Waals surface area contributed by atoms with Gasteiger partial charge in [-0.15, -0.1) is 0 Å². The molecule has 2 fully saturated rings. The van der Waals surface area contributed by atoms with Crippen LogP contribution in [0.4, 0.5) is 0 Å². The normalized spacial score (nSPS) is 33.5. The zero-order valence-electron chi connectivity index (χ0n) is 7.03. The van der Waals surface area contributed by atoms with E-state index in [2.05, 4.69) is 6.58 Å². The van der Waals surface area contributed by atoms with Crippen LogP contribution in [0.15, 0.2) is 12.7 Å². The fourth-order valence-electron chi connectivity index (χ4n) is 2.11. The fourth-order valence-corrected chi connectivity index (χ4v) is 2.11. The maximum Gasteiger partial charge on any atom is 0.269 e. The summed E-state index contributed by atoms with van der Waals surface area (Å²) in [6.45, 7) is 4.16. The van der Waals surface area contributed by atoms with Crippen LogP contribution in [0.3, 0.4) is 0 Å². The zero-order valence-corrected chi connectivity index (χ0v) is 7.03. The second kappa shape index (κ2) is 2.90. The number of hydrogen-bond donors (Lipinski definition) is 0. The first-order chi connectivity index (χ1) is 5.83. The van der Waals surface area contributed by atoms with Gasteiger partial charge in [0.1, 0.15) is 0 Å². The van der Waals surface area contributed by atoms with E-state index in [1.165, 1.54) is 24.0 Å². The van der Waals surface area contributed by atoms with Gasteiger partial charge in [-0.1, -0.05) is 13.0 Å². The molecular weight excluding hydrogens is 154 g/mol. The molecule has 0 spiro atoms. The minimum absolute atomic E-state index is 0.0931. The van der Waals surface area contributed by atoms with Gasteiger partial charge >= 0.3 is 0 Å². The number of hydrogen-bond acceptors (Lipinski definition) is 2. The maximum absolute atomic E-state index is 11.2. The van der Waals surface area contributed by atoms with Crippen molar-refractivity contribution in [2.24, 2.45) is 5.92 Å². The average molecular weight is 167 g/mol. The molecule has 3 nitrogen and oxygen atoms in total. The van der Waals surface area contributed by atoms with Crippen LogP contribution in [-0.4, -0.2) is 23.6 Å². The largest absolute Gasteiger partial charge is 0.270 e. The van der Waals surface area contributed by atoms with E-state index in [0.29, 0.717) is 18.6 Å². The standard InChI is InChI=1S/C9H13NO2/c1-2-9(11)10-8-5-3-4-7(8)6-12-10/h2,7-8H,1,3-6H2. The first-order valence-corrected chi connectivity index (χ1v) is 4.41. The van der Waals surface area contributed by atoms with Gasteiger partial charge in [-0.05, 0) is 18.9 Å². The minimum atomic E-state index is -0.0931. The number of amides is 1. The first kappa shape index (κ1) is 7.80. The highest BCUT2D eigenvalue weighted by molar-refractivity contribution is 5.86. The highest BCUT2D eigenvalue weighted by Gasteiger charge is 2.40. The zero-order chi connectivity index (χ0) is 8.55. The van der Waals surface area contributed by atoms with Gasteiger partial charge in [0, 0.05) is 5.92 Å². The van der Waals surface area contributed by atoms with E-state index in [-0.39, 0.29) is 5.91 Å². The van der Waals surface area contributed by atoms with Crippen molar-refractivity contribution in [3.8, 4) is 0 Å². The maximum atomic E-state index is 11.2. The molecule has 1 aliphatic carbocycles. The van der Waals surface area contributed by atoms with Crippen LogP contribution in [0.1, 0.15) is 19.3 Å². The molecule has 0 bridgehead atoms. The molecule has 2 aliphatic rings. The highest BCUT2D eigenvalue weighted by Crippen LogP contribution is 2.35. The van der Waals surface area contributed by atoms with Crippen molar-refractivity contribution in [3.05, 3.63) is 12.7 Å². The molecule has 2 atom stereocenters. The van der Waals surface area contributed by atoms with Gasteiger partial charge in [-0.2, -0.15) is 0 Å². The van der Waals surface area contributed by atoms with Crippen molar-refractivity contribution < 1.29 is 9.63 Å². The average Bonchev–Trinajstić information content (AvgIpc) is 2.62. The summed E-state index contributed by atoms with van der Waals surface area (Å²) in [6.07, 6.45) is 4.83. The van der Waals surface area contributed by atoms with E-state index in [0.717, 1.165) is 6.42 Å². The Morgan fingerprint density at radius 1 is 1.58 bits per heavy atom. The molecule has 1 saturated heterocycles. The predicted octanol–water partition coefficient (Wildman–Crippen LogP) is 1.11. The van der Waals surface area contributed by atoms with Gasteiger partial charge in [-0.25, -0.2) is 5.06 Å². The Kier molecular flexibility index (Phi) is 1.89. The summed E-state index contributed by atoms with van der Waals surface area (Å²) in [5, 5.41) is 1.50. The molecular formula is C9H13NO2. The number of nitrogens with zero attached hydrogens (tertiary/aromatic N) is 1. The predicted molar refractivity (Wildman–Crippen MR) is 44.1 cm³/mol. The van der Waals surface area contributed by atoms with E-state index < -0.39 is 0 Å². The highest BCUT2D eigenvalue weighted by atomic mass is 16.7. The van der Waals surface area contributed by atoms with Crippen LogP contribution >= 0.6 is 0 Å². The molecule has 12 heavy (non-hydrogen) atoms. The molecule has 1 amide bonds. The topological polar surface area (TPSA) is 29.5 Å². The molecule has 2 rings (SSSR count). The van der Waals surface area contributed by atoms with Crippen LogP contribution in [0.5, 0.6) is 0 Å². The van der Waals surface area contributed by atoms with E-state index in [4.69, 9.17) is 4.84 Å². The molecule has 0 aromatic carbocycles. The van der Waals surface area contributed by atoms with Crippen LogP contribution in [-0.2, 0) is 9.63 Å². The number of fused-ring (bicyclic) bond motifs is 1. The molecule has 2 unspecified atom stereocenters. The van der Waals surface area contributed by atoms with Gasteiger partial charge in [0.25, 0.3) is 5.91 Å². The van der Waals surface area contributed by atoms with Crippen molar-refractivity contribution in [3.63, 3.8) is 0 Å².